The summed E-state index contributed by atoms with van der Waals surface area (Å²) in [4.78, 5) is 4.22. The largest absolute Gasteiger partial charge is 0.493 e. The van der Waals surface area contributed by atoms with Crippen LogP contribution in [0, 0.1) is 11.8 Å². The van der Waals surface area contributed by atoms with Gasteiger partial charge in [-0.1, -0.05) is 0 Å². The summed E-state index contributed by atoms with van der Waals surface area (Å²) in [6, 6.07) is 5.62. The number of hydrogen-bond donors (Lipinski definition) is 1. The summed E-state index contributed by atoms with van der Waals surface area (Å²) in [5.41, 5.74) is 0.695. The van der Waals surface area contributed by atoms with E-state index in [0.29, 0.717) is 55.5 Å². The lowest BCUT2D eigenvalue weighted by Gasteiger charge is -2.37. The highest BCUT2D eigenvalue weighted by molar-refractivity contribution is 7.92. The van der Waals surface area contributed by atoms with Gasteiger partial charge in [0, 0.05) is 30.5 Å². The molecule has 1 aromatic heterocycles. The predicted molar refractivity (Wildman–Crippen MR) is 125 cm³/mol. The first kappa shape index (κ1) is 24.4. The molecule has 1 N–H and O–H groups in total. The fraction of sp³-hybridized carbons (Fsp3) is 0.560. The molecule has 0 spiro atoms. The number of pyridine rings is 1. The highest BCUT2D eigenvalue weighted by Crippen LogP contribution is 2.45. The number of halogens is 2. The molecule has 3 aliphatic rings. The Labute approximate surface area is 204 Å². The van der Waals surface area contributed by atoms with Gasteiger partial charge >= 0.3 is 0 Å². The van der Waals surface area contributed by atoms with E-state index in [2.05, 4.69) is 4.98 Å². The molecular weight excluding hydrogens is 478 g/mol. The molecule has 2 aromatic rings. The molecule has 2 fully saturated rings. The third-order valence-corrected chi connectivity index (χ3v) is 8.99. The topological polar surface area (TPSA) is 89.0 Å². The molecule has 35 heavy (non-hydrogen) atoms. The third kappa shape index (κ3) is 5.01. The van der Waals surface area contributed by atoms with Crippen LogP contribution in [0.15, 0.2) is 35.4 Å². The molecular formula is C25H30F2N2O5S. The lowest BCUT2D eigenvalue weighted by Crippen LogP contribution is -2.45. The summed E-state index contributed by atoms with van der Waals surface area (Å²) in [7, 11) is -4.05. The number of alkyl halides is 2. The van der Waals surface area contributed by atoms with Crippen molar-refractivity contribution >= 4 is 15.8 Å². The number of nitrogens with zero attached hydrogens (tertiary/aromatic N) is 2. The molecule has 0 bridgehead atoms. The lowest BCUT2D eigenvalue weighted by atomic mass is 9.97. The Morgan fingerprint density at radius 1 is 1.14 bits per heavy atom. The van der Waals surface area contributed by atoms with Crippen molar-refractivity contribution in [2.75, 3.05) is 24.1 Å². The standard InChI is InChI=1S/C25H30F2N2O5S/c26-24(27)19-11-18-3-5-22(17-1-2-17)29(25(18)28-13-19)35(31,32)21-4-6-23(20(12-21)14-30)34-15-16-7-9-33-10-8-16/h4,6,11-13,16-17,22,24,30H,1-3,5,7-10,14-15H2. The summed E-state index contributed by atoms with van der Waals surface area (Å²) in [6.45, 7) is 1.50. The van der Waals surface area contributed by atoms with Gasteiger partial charge in [0.05, 0.1) is 24.2 Å². The van der Waals surface area contributed by atoms with Crippen molar-refractivity contribution in [2.45, 2.75) is 62.5 Å². The van der Waals surface area contributed by atoms with Crippen molar-refractivity contribution in [3.05, 3.63) is 47.2 Å². The van der Waals surface area contributed by atoms with Gasteiger partial charge in [0.2, 0.25) is 0 Å². The molecule has 1 atom stereocenters. The molecule has 7 nitrogen and oxygen atoms in total. The maximum atomic E-state index is 13.9. The number of sulfonamides is 1. The number of hydrogen-bond acceptors (Lipinski definition) is 6. The third-order valence-electron chi connectivity index (χ3n) is 7.18. The minimum Gasteiger partial charge on any atom is -0.493 e. The van der Waals surface area contributed by atoms with Crippen LogP contribution in [0.25, 0.3) is 0 Å². The minimum absolute atomic E-state index is 0.0261. The Hall–Kier alpha value is -2.30. The van der Waals surface area contributed by atoms with Crippen LogP contribution in [0.1, 0.15) is 55.2 Å². The van der Waals surface area contributed by atoms with Crippen LogP contribution < -0.4 is 9.04 Å². The van der Waals surface area contributed by atoms with Gasteiger partial charge in [-0.25, -0.2) is 26.5 Å². The Morgan fingerprint density at radius 2 is 1.91 bits per heavy atom. The molecule has 0 radical (unpaired) electrons. The molecule has 190 valence electrons. The Bertz CT molecular complexity index is 1170. The second-order valence-corrected chi connectivity index (χ2v) is 11.4. The Morgan fingerprint density at radius 3 is 2.60 bits per heavy atom. The zero-order valence-corrected chi connectivity index (χ0v) is 20.2. The molecule has 2 aliphatic heterocycles. The Kier molecular flexibility index (Phi) is 6.96. The van der Waals surface area contributed by atoms with Gasteiger partial charge in [0.1, 0.15) is 11.6 Å². The van der Waals surface area contributed by atoms with E-state index in [4.69, 9.17) is 9.47 Å². The molecule has 0 amide bonds. The SMILES string of the molecule is O=S(=O)(c1ccc(OCC2CCOCC2)c(CO)c1)N1c2ncc(C(F)F)cc2CCC1C1CC1. The molecule has 1 aromatic carbocycles. The van der Waals surface area contributed by atoms with E-state index in [1.165, 1.54) is 22.5 Å². The zero-order valence-electron chi connectivity index (χ0n) is 19.4. The van der Waals surface area contributed by atoms with Crippen LogP contribution in [0.4, 0.5) is 14.6 Å². The summed E-state index contributed by atoms with van der Waals surface area (Å²) in [5, 5.41) is 9.95. The molecule has 10 heteroatoms. The number of ether oxygens (including phenoxy) is 2. The van der Waals surface area contributed by atoms with Crippen LogP contribution >= 0.6 is 0 Å². The van der Waals surface area contributed by atoms with Crippen molar-refractivity contribution in [2.24, 2.45) is 11.8 Å². The van der Waals surface area contributed by atoms with Gasteiger partial charge in [-0.3, -0.25) is 0 Å². The summed E-state index contributed by atoms with van der Waals surface area (Å²) >= 11 is 0. The summed E-state index contributed by atoms with van der Waals surface area (Å²) in [5.74, 6) is 1.26. The van der Waals surface area contributed by atoms with Crippen LogP contribution in [-0.4, -0.2) is 44.4 Å². The van der Waals surface area contributed by atoms with Crippen LogP contribution in [-0.2, 0) is 27.8 Å². The van der Waals surface area contributed by atoms with Gasteiger partial charge in [0.25, 0.3) is 16.4 Å². The van der Waals surface area contributed by atoms with E-state index in [1.807, 2.05) is 0 Å². The second kappa shape index (κ2) is 9.99. The number of fused-ring (bicyclic) bond motifs is 1. The van der Waals surface area contributed by atoms with Crippen molar-refractivity contribution in [1.82, 2.24) is 4.98 Å². The number of benzene rings is 1. The zero-order chi connectivity index (χ0) is 24.6. The Balaban J connectivity index is 1.45. The average molecular weight is 509 g/mol. The maximum absolute atomic E-state index is 13.9. The van der Waals surface area contributed by atoms with E-state index in [0.717, 1.165) is 31.9 Å². The fourth-order valence-corrected chi connectivity index (χ4v) is 6.80. The van der Waals surface area contributed by atoms with E-state index >= 15 is 0 Å². The van der Waals surface area contributed by atoms with Crippen LogP contribution in [0.3, 0.4) is 0 Å². The number of aliphatic hydroxyl groups is 1. The number of aromatic nitrogens is 1. The molecule has 1 saturated carbocycles. The highest BCUT2D eigenvalue weighted by atomic mass is 32.2. The van der Waals surface area contributed by atoms with Crippen molar-refractivity contribution in [3.63, 3.8) is 0 Å². The normalized spacial score (nSPS) is 21.3. The van der Waals surface area contributed by atoms with E-state index in [1.54, 1.807) is 6.07 Å². The van der Waals surface area contributed by atoms with Gasteiger partial charge in [0.15, 0.2) is 0 Å². The quantitative estimate of drug-likeness (QED) is 0.574. The summed E-state index contributed by atoms with van der Waals surface area (Å²) in [6.07, 6.45) is 3.13. The molecule has 1 aliphatic carbocycles. The maximum Gasteiger partial charge on any atom is 0.265 e. The van der Waals surface area contributed by atoms with Gasteiger partial charge < -0.3 is 14.6 Å². The van der Waals surface area contributed by atoms with E-state index in [9.17, 15) is 22.3 Å². The minimum atomic E-state index is -4.05. The fourth-order valence-electron chi connectivity index (χ4n) is 5.02. The van der Waals surface area contributed by atoms with Gasteiger partial charge in [-0.05, 0) is 80.2 Å². The van der Waals surface area contributed by atoms with Crippen molar-refractivity contribution in [3.8, 4) is 5.75 Å². The first-order chi connectivity index (χ1) is 16.9. The highest BCUT2D eigenvalue weighted by Gasteiger charge is 2.44. The first-order valence-corrected chi connectivity index (χ1v) is 13.6. The smallest absolute Gasteiger partial charge is 0.265 e. The first-order valence-electron chi connectivity index (χ1n) is 12.1. The molecule has 1 saturated heterocycles. The van der Waals surface area contributed by atoms with Crippen LogP contribution in [0.5, 0.6) is 5.75 Å². The predicted octanol–water partition coefficient (Wildman–Crippen LogP) is 4.24. The number of aryl methyl sites for hydroxylation is 1. The summed E-state index contributed by atoms with van der Waals surface area (Å²) < 4.78 is 66.9. The van der Waals surface area contributed by atoms with Gasteiger partial charge in [-0.15, -0.1) is 0 Å². The van der Waals surface area contributed by atoms with Crippen molar-refractivity contribution < 1.29 is 31.8 Å². The number of aliphatic hydroxyl groups excluding tert-OH is 1. The van der Waals surface area contributed by atoms with Crippen molar-refractivity contribution in [1.29, 1.82) is 0 Å². The van der Waals surface area contributed by atoms with Crippen LogP contribution in [0.2, 0.25) is 0 Å². The second-order valence-electron chi connectivity index (χ2n) is 9.59. The van der Waals surface area contributed by atoms with E-state index in [-0.39, 0.29) is 34.8 Å². The van der Waals surface area contributed by atoms with Gasteiger partial charge in [-0.2, -0.15) is 0 Å². The lowest BCUT2D eigenvalue weighted by molar-refractivity contribution is 0.0494. The molecule has 1 unspecified atom stereocenters. The average Bonchev–Trinajstić information content (AvgIpc) is 3.72. The molecule has 3 heterocycles. The monoisotopic (exact) mass is 508 g/mol. The number of anilines is 1. The molecule has 5 rings (SSSR count). The number of rotatable bonds is 8. The van der Waals surface area contributed by atoms with E-state index < -0.39 is 16.4 Å².